The third kappa shape index (κ3) is 9.71. The highest BCUT2D eigenvalue weighted by Crippen LogP contribution is 2.16. The highest BCUT2D eigenvalue weighted by molar-refractivity contribution is 7.09. The van der Waals surface area contributed by atoms with E-state index in [4.69, 9.17) is 4.74 Å². The van der Waals surface area contributed by atoms with Crippen LogP contribution in [0.2, 0.25) is 0 Å². The number of carbonyl (C=O) groups excluding carboxylic acids is 2. The van der Waals surface area contributed by atoms with Crippen molar-refractivity contribution in [1.82, 2.24) is 25.5 Å². The van der Waals surface area contributed by atoms with Crippen LogP contribution in [0.15, 0.2) is 78.4 Å². The molecule has 2 aromatic heterocycles. The summed E-state index contributed by atoms with van der Waals surface area (Å²) in [4.78, 5) is 36.8. The number of nitrogens with one attached hydrogen (secondary N) is 2. The van der Waals surface area contributed by atoms with Crippen LogP contribution < -0.4 is 15.4 Å². The summed E-state index contributed by atoms with van der Waals surface area (Å²) in [5, 5.41) is 20.3. The molecule has 0 aliphatic carbocycles. The van der Waals surface area contributed by atoms with Gasteiger partial charge in [-0.25, -0.2) is 4.98 Å². The van der Waals surface area contributed by atoms with Crippen molar-refractivity contribution in [1.29, 1.82) is 0 Å². The molecule has 2 atom stereocenters. The van der Waals surface area contributed by atoms with Crippen molar-refractivity contribution >= 4 is 23.2 Å². The number of aromatic nitrogens is 2. The van der Waals surface area contributed by atoms with Crippen molar-refractivity contribution in [2.75, 3.05) is 13.6 Å². The van der Waals surface area contributed by atoms with Crippen LogP contribution in [-0.2, 0) is 19.5 Å². The number of ether oxygens (including phenoxy) is 1. The SMILES string of the molecule is Cc1csc(CN(C)C(=O)c2cccc(C(=O)N[C@@H](Cc3ccccc3)[C@H](O)CNCc3cncc(OC(C)C)c3)c2)n1. The molecule has 4 aromatic rings. The first kappa shape index (κ1) is 31.8. The number of aliphatic hydroxyl groups excluding tert-OH is 1. The second-order valence-electron chi connectivity index (χ2n) is 10.8. The average molecular weight is 602 g/mol. The number of amides is 2. The first-order chi connectivity index (χ1) is 20.7. The molecule has 0 radical (unpaired) electrons. The van der Waals surface area contributed by atoms with E-state index >= 15 is 0 Å². The minimum Gasteiger partial charge on any atom is -0.489 e. The van der Waals surface area contributed by atoms with Crippen molar-refractivity contribution in [2.45, 2.75) is 58.5 Å². The molecule has 3 N–H and O–H groups in total. The van der Waals surface area contributed by atoms with Crippen molar-refractivity contribution < 1.29 is 19.4 Å². The summed E-state index contributed by atoms with van der Waals surface area (Å²) >= 11 is 1.51. The minimum absolute atomic E-state index is 0.0433. The van der Waals surface area contributed by atoms with Gasteiger partial charge in [-0.2, -0.15) is 0 Å². The lowest BCUT2D eigenvalue weighted by Gasteiger charge is -2.25. The topological polar surface area (TPSA) is 117 Å². The van der Waals surface area contributed by atoms with Crippen molar-refractivity contribution in [2.24, 2.45) is 0 Å². The second-order valence-corrected chi connectivity index (χ2v) is 11.7. The lowest BCUT2D eigenvalue weighted by atomic mass is 10.00. The van der Waals surface area contributed by atoms with Gasteiger partial charge in [0.25, 0.3) is 11.8 Å². The van der Waals surface area contributed by atoms with Crippen LogP contribution in [0.1, 0.15) is 56.4 Å². The molecule has 0 saturated heterocycles. The van der Waals surface area contributed by atoms with E-state index < -0.39 is 12.1 Å². The number of carbonyl (C=O) groups is 2. The molecule has 9 nitrogen and oxygen atoms in total. The summed E-state index contributed by atoms with van der Waals surface area (Å²) in [6, 6.07) is 17.7. The number of thiazole rings is 1. The number of hydrogen-bond acceptors (Lipinski definition) is 8. The summed E-state index contributed by atoms with van der Waals surface area (Å²) in [5.41, 5.74) is 3.57. The van der Waals surface area contributed by atoms with E-state index in [1.54, 1.807) is 48.6 Å². The maximum Gasteiger partial charge on any atom is 0.253 e. The molecule has 2 heterocycles. The molecule has 43 heavy (non-hydrogen) atoms. The molecule has 0 fully saturated rings. The second kappa shape index (κ2) is 15.4. The van der Waals surface area contributed by atoms with Crippen molar-refractivity contribution in [3.63, 3.8) is 0 Å². The number of aryl methyl sites for hydroxylation is 1. The van der Waals surface area contributed by atoms with Crippen LogP contribution in [-0.4, -0.2) is 63.6 Å². The van der Waals surface area contributed by atoms with Gasteiger partial charge in [0.05, 0.1) is 31.0 Å². The predicted octanol–water partition coefficient (Wildman–Crippen LogP) is 4.40. The van der Waals surface area contributed by atoms with Crippen LogP contribution in [0.3, 0.4) is 0 Å². The summed E-state index contributed by atoms with van der Waals surface area (Å²) < 4.78 is 5.72. The largest absolute Gasteiger partial charge is 0.489 e. The van der Waals surface area contributed by atoms with Crippen molar-refractivity contribution in [3.05, 3.63) is 111 Å². The molecule has 0 unspecified atom stereocenters. The molecule has 2 amide bonds. The minimum atomic E-state index is -0.884. The Kier molecular flexibility index (Phi) is 11.4. The highest BCUT2D eigenvalue weighted by atomic mass is 32.1. The lowest BCUT2D eigenvalue weighted by Crippen LogP contribution is -2.48. The normalized spacial score (nSPS) is 12.5. The Labute approximate surface area is 257 Å². The standard InChI is InChI=1S/C33H39N5O4S/c1-22(2)42-28-13-25(16-34-18-28)17-35-19-30(39)29(14-24-9-6-5-7-10-24)37-32(40)26-11-8-12-27(15-26)33(41)38(4)20-31-36-23(3)21-43-31/h5-13,15-16,18,21-22,29-30,35,39H,14,17,19-20H2,1-4H3,(H,37,40)/t29-,30+/m0/s1. The van der Waals surface area contributed by atoms with E-state index in [0.717, 1.165) is 21.8 Å². The molecule has 226 valence electrons. The van der Waals surface area contributed by atoms with Gasteiger partial charge < -0.3 is 25.4 Å². The van der Waals surface area contributed by atoms with E-state index in [2.05, 4.69) is 20.6 Å². The number of benzene rings is 2. The van der Waals surface area contributed by atoms with Crippen LogP contribution in [0.25, 0.3) is 0 Å². The maximum absolute atomic E-state index is 13.4. The Balaban J connectivity index is 1.41. The van der Waals surface area contributed by atoms with Gasteiger partial charge >= 0.3 is 0 Å². The summed E-state index contributed by atoms with van der Waals surface area (Å²) in [6.07, 6.45) is 3.02. The number of nitrogens with zero attached hydrogens (tertiary/aromatic N) is 3. The number of aliphatic hydroxyl groups is 1. The van der Waals surface area contributed by atoms with Gasteiger partial charge in [-0.3, -0.25) is 14.6 Å². The average Bonchev–Trinajstić information content (AvgIpc) is 3.40. The van der Waals surface area contributed by atoms with Gasteiger partial charge in [-0.05, 0) is 62.6 Å². The van der Waals surface area contributed by atoms with Gasteiger partial charge in [-0.15, -0.1) is 11.3 Å². The van der Waals surface area contributed by atoms with Gasteiger partial charge in [0.15, 0.2) is 0 Å². The van der Waals surface area contributed by atoms with Gasteiger partial charge in [0.2, 0.25) is 0 Å². The zero-order valence-corrected chi connectivity index (χ0v) is 25.8. The van der Waals surface area contributed by atoms with E-state index in [-0.39, 0.29) is 24.5 Å². The van der Waals surface area contributed by atoms with Gasteiger partial charge in [-0.1, -0.05) is 36.4 Å². The molecule has 0 aliphatic rings. The Morgan fingerprint density at radius 3 is 2.51 bits per heavy atom. The van der Waals surface area contributed by atoms with Crippen LogP contribution in [0, 0.1) is 6.92 Å². The molecular weight excluding hydrogens is 562 g/mol. The van der Waals surface area contributed by atoms with E-state index in [1.807, 2.05) is 62.5 Å². The van der Waals surface area contributed by atoms with E-state index in [9.17, 15) is 14.7 Å². The Morgan fingerprint density at radius 1 is 1.02 bits per heavy atom. The maximum atomic E-state index is 13.4. The fraction of sp³-hybridized carbons (Fsp3) is 0.333. The predicted molar refractivity (Wildman–Crippen MR) is 168 cm³/mol. The molecule has 10 heteroatoms. The molecule has 0 saturated carbocycles. The van der Waals surface area contributed by atoms with E-state index in [1.165, 1.54) is 11.3 Å². The smallest absolute Gasteiger partial charge is 0.253 e. The van der Waals surface area contributed by atoms with Crippen LogP contribution in [0.4, 0.5) is 0 Å². The molecule has 2 aromatic carbocycles. The highest BCUT2D eigenvalue weighted by Gasteiger charge is 2.23. The Bertz CT molecular complexity index is 1490. The zero-order chi connectivity index (χ0) is 30.8. The number of rotatable bonds is 14. The molecule has 0 spiro atoms. The molecule has 0 bridgehead atoms. The van der Waals surface area contributed by atoms with Crippen molar-refractivity contribution in [3.8, 4) is 5.75 Å². The monoisotopic (exact) mass is 601 g/mol. The van der Waals surface area contributed by atoms with Crippen LogP contribution in [0.5, 0.6) is 5.75 Å². The van der Waals surface area contributed by atoms with Crippen LogP contribution >= 0.6 is 11.3 Å². The number of pyridine rings is 1. The zero-order valence-electron chi connectivity index (χ0n) is 25.0. The lowest BCUT2D eigenvalue weighted by molar-refractivity contribution is 0.0784. The summed E-state index contributed by atoms with van der Waals surface area (Å²) in [7, 11) is 1.72. The Morgan fingerprint density at radius 2 is 1.79 bits per heavy atom. The van der Waals surface area contributed by atoms with Gasteiger partial charge in [0, 0.05) is 48.5 Å². The summed E-state index contributed by atoms with van der Waals surface area (Å²) in [6.45, 7) is 6.94. The molecule has 4 rings (SSSR count). The van der Waals surface area contributed by atoms with Gasteiger partial charge in [0.1, 0.15) is 10.8 Å². The fourth-order valence-electron chi connectivity index (χ4n) is 4.57. The number of hydrogen-bond donors (Lipinski definition) is 3. The van der Waals surface area contributed by atoms with E-state index in [0.29, 0.717) is 36.4 Å². The first-order valence-electron chi connectivity index (χ1n) is 14.3. The fourth-order valence-corrected chi connectivity index (χ4v) is 5.39. The first-order valence-corrected chi connectivity index (χ1v) is 15.2. The summed E-state index contributed by atoms with van der Waals surface area (Å²) in [5.74, 6) is 0.120. The quantitative estimate of drug-likeness (QED) is 0.196. The third-order valence-electron chi connectivity index (χ3n) is 6.66. The Hall–Kier alpha value is -4.12. The third-order valence-corrected chi connectivity index (χ3v) is 7.61. The molecule has 0 aliphatic heterocycles. The molecular formula is C33H39N5O4S.